The second-order valence-corrected chi connectivity index (χ2v) is 9.49. The van der Waals surface area contributed by atoms with Gasteiger partial charge in [-0.15, -0.1) is 0 Å². The molecule has 0 saturated heterocycles. The van der Waals surface area contributed by atoms with Crippen molar-refractivity contribution in [2.24, 2.45) is 0 Å². The van der Waals surface area contributed by atoms with Gasteiger partial charge in [0.15, 0.2) is 0 Å². The van der Waals surface area contributed by atoms with Crippen LogP contribution in [0.5, 0.6) is 23.0 Å². The van der Waals surface area contributed by atoms with Gasteiger partial charge in [0.1, 0.15) is 23.0 Å². The highest BCUT2D eigenvalue weighted by molar-refractivity contribution is 7.49. The van der Waals surface area contributed by atoms with Crippen LogP contribution in [0.25, 0.3) is 0 Å². The van der Waals surface area contributed by atoms with Crippen molar-refractivity contribution in [3.63, 3.8) is 0 Å². The molecular weight excluding hydrogens is 435 g/mol. The van der Waals surface area contributed by atoms with Crippen LogP contribution >= 0.6 is 7.82 Å². The van der Waals surface area contributed by atoms with Gasteiger partial charge in [-0.25, -0.2) is 0 Å². The summed E-state index contributed by atoms with van der Waals surface area (Å²) in [6, 6.07) is 32.0. The number of phenolic OH excluding ortho intramolecular Hbond substituents is 1. The molecule has 0 unspecified atom stereocenters. The molecule has 4 aromatic carbocycles. The lowest BCUT2D eigenvalue weighted by atomic mass is 9.78. The number of para-hydroxylation sites is 2. The highest BCUT2D eigenvalue weighted by atomic mass is 31.2. The fraction of sp³-hybridized carbons (Fsp3) is 0.111. The van der Waals surface area contributed by atoms with Gasteiger partial charge >= 0.3 is 7.82 Å². The Morgan fingerprint density at radius 1 is 0.576 bits per heavy atom. The number of phosphoric acid groups is 1. The lowest BCUT2D eigenvalue weighted by Gasteiger charge is -2.26. The summed E-state index contributed by atoms with van der Waals surface area (Å²) in [6.45, 7) is 4.19. The molecule has 0 atom stereocenters. The van der Waals surface area contributed by atoms with Gasteiger partial charge in [0.25, 0.3) is 0 Å². The van der Waals surface area contributed by atoms with Gasteiger partial charge in [-0.3, -0.25) is 0 Å². The Morgan fingerprint density at radius 2 is 0.939 bits per heavy atom. The summed E-state index contributed by atoms with van der Waals surface area (Å²) < 4.78 is 30.7. The Bertz CT molecular complexity index is 1180. The Labute approximate surface area is 193 Å². The zero-order valence-electron chi connectivity index (χ0n) is 18.4. The molecule has 0 bridgehead atoms. The summed E-state index contributed by atoms with van der Waals surface area (Å²) >= 11 is 0. The maximum absolute atomic E-state index is 13.6. The molecule has 0 fully saturated rings. The molecule has 0 saturated carbocycles. The average molecular weight is 460 g/mol. The number of hydrogen-bond donors (Lipinski definition) is 1. The van der Waals surface area contributed by atoms with Gasteiger partial charge < -0.3 is 18.7 Å². The van der Waals surface area contributed by atoms with E-state index in [-0.39, 0.29) is 11.2 Å². The van der Waals surface area contributed by atoms with E-state index in [0.29, 0.717) is 17.2 Å². The van der Waals surface area contributed by atoms with Crippen LogP contribution in [0.2, 0.25) is 0 Å². The highest BCUT2D eigenvalue weighted by Crippen LogP contribution is 2.50. The SMILES string of the molecule is CC(C)(c1ccc(O)cc1)c1ccc(OP(=O)(Oc2ccccc2)Oc2ccccc2)cc1. The predicted octanol–water partition coefficient (Wildman–Crippen LogP) is 7.36. The molecule has 6 heteroatoms. The maximum Gasteiger partial charge on any atom is 0.647 e. The van der Waals surface area contributed by atoms with Crippen molar-refractivity contribution in [2.45, 2.75) is 19.3 Å². The van der Waals surface area contributed by atoms with Gasteiger partial charge in [0, 0.05) is 5.41 Å². The second-order valence-electron chi connectivity index (χ2n) is 8.04. The van der Waals surface area contributed by atoms with Crippen molar-refractivity contribution >= 4 is 7.82 Å². The zero-order chi connectivity index (χ0) is 23.3. The minimum Gasteiger partial charge on any atom is -0.508 e. The lowest BCUT2D eigenvalue weighted by Crippen LogP contribution is -2.18. The van der Waals surface area contributed by atoms with Crippen LogP contribution in [-0.2, 0) is 9.98 Å². The lowest BCUT2D eigenvalue weighted by molar-refractivity contribution is 0.298. The molecule has 0 spiro atoms. The minimum absolute atomic E-state index is 0.228. The fourth-order valence-electron chi connectivity index (χ4n) is 3.38. The first-order valence-electron chi connectivity index (χ1n) is 10.5. The van der Waals surface area contributed by atoms with Crippen LogP contribution in [0.15, 0.2) is 109 Å². The van der Waals surface area contributed by atoms with Gasteiger partial charge in [-0.1, -0.05) is 74.5 Å². The molecule has 33 heavy (non-hydrogen) atoms. The maximum atomic E-state index is 13.6. The van der Waals surface area contributed by atoms with E-state index in [9.17, 15) is 9.67 Å². The van der Waals surface area contributed by atoms with Crippen LogP contribution in [0.4, 0.5) is 0 Å². The molecule has 0 aliphatic rings. The summed E-state index contributed by atoms with van der Waals surface area (Å²) in [4.78, 5) is 0. The fourth-order valence-corrected chi connectivity index (χ4v) is 4.63. The van der Waals surface area contributed by atoms with Crippen LogP contribution in [0.1, 0.15) is 25.0 Å². The Balaban J connectivity index is 1.58. The third-order valence-electron chi connectivity index (χ3n) is 5.30. The molecule has 5 nitrogen and oxygen atoms in total. The van der Waals surface area contributed by atoms with Gasteiger partial charge in [0.2, 0.25) is 0 Å². The zero-order valence-corrected chi connectivity index (χ0v) is 19.3. The quantitative estimate of drug-likeness (QED) is 0.278. The number of phenols is 1. The summed E-state index contributed by atoms with van der Waals surface area (Å²) in [5.74, 6) is 1.34. The molecule has 4 rings (SSSR count). The van der Waals surface area contributed by atoms with Crippen molar-refractivity contribution in [1.82, 2.24) is 0 Å². The van der Waals surface area contributed by atoms with Crippen molar-refractivity contribution in [1.29, 1.82) is 0 Å². The average Bonchev–Trinajstić information content (AvgIpc) is 2.81. The summed E-state index contributed by atoms with van der Waals surface area (Å²) in [5, 5.41) is 9.58. The van der Waals surface area contributed by atoms with Crippen LogP contribution < -0.4 is 13.6 Å². The Morgan fingerprint density at radius 3 is 1.36 bits per heavy atom. The van der Waals surface area contributed by atoms with Gasteiger partial charge in [-0.05, 0) is 59.7 Å². The number of benzene rings is 4. The van der Waals surface area contributed by atoms with Crippen LogP contribution in [0.3, 0.4) is 0 Å². The summed E-state index contributed by atoms with van der Waals surface area (Å²) in [5.41, 5.74) is 1.78. The first kappa shape index (κ1) is 22.5. The topological polar surface area (TPSA) is 65.0 Å². The van der Waals surface area contributed by atoms with Crippen molar-refractivity contribution in [3.05, 3.63) is 120 Å². The van der Waals surface area contributed by atoms with E-state index in [4.69, 9.17) is 13.6 Å². The van der Waals surface area contributed by atoms with E-state index < -0.39 is 7.82 Å². The second kappa shape index (κ2) is 9.43. The highest BCUT2D eigenvalue weighted by Gasteiger charge is 2.33. The predicted molar refractivity (Wildman–Crippen MR) is 129 cm³/mol. The summed E-state index contributed by atoms with van der Waals surface area (Å²) in [6.07, 6.45) is 0. The van der Waals surface area contributed by atoms with Crippen molar-refractivity contribution in [2.75, 3.05) is 0 Å². The first-order chi connectivity index (χ1) is 15.8. The van der Waals surface area contributed by atoms with Crippen LogP contribution in [0, 0.1) is 0 Å². The molecule has 0 aliphatic carbocycles. The molecular formula is C27H25O5P. The van der Waals surface area contributed by atoms with E-state index >= 15 is 0 Å². The molecule has 168 valence electrons. The minimum atomic E-state index is -4.03. The molecule has 0 heterocycles. The third-order valence-corrected chi connectivity index (χ3v) is 6.61. The number of aromatic hydroxyl groups is 1. The number of hydrogen-bond acceptors (Lipinski definition) is 5. The standard InChI is InChI=1S/C27H25O5P/c1-27(2,21-13-17-23(28)18-14-21)22-15-19-26(20-16-22)32-33(29,30-24-9-5-3-6-10-24)31-25-11-7-4-8-12-25/h3-20,28H,1-2H3. The van der Waals surface area contributed by atoms with Crippen molar-refractivity contribution < 1.29 is 23.2 Å². The van der Waals surface area contributed by atoms with Gasteiger partial charge in [-0.2, -0.15) is 4.57 Å². The third kappa shape index (κ3) is 5.57. The van der Waals surface area contributed by atoms with E-state index in [1.54, 1.807) is 72.8 Å². The Kier molecular flexibility index (Phi) is 6.43. The normalized spacial score (nSPS) is 11.6. The number of rotatable bonds is 8. The van der Waals surface area contributed by atoms with E-state index in [0.717, 1.165) is 11.1 Å². The smallest absolute Gasteiger partial charge is 0.508 e. The van der Waals surface area contributed by atoms with Gasteiger partial charge in [0.05, 0.1) is 0 Å². The van der Waals surface area contributed by atoms with Crippen molar-refractivity contribution in [3.8, 4) is 23.0 Å². The number of phosphoric ester groups is 1. The molecule has 0 amide bonds. The molecule has 1 N–H and O–H groups in total. The van der Waals surface area contributed by atoms with Crippen LogP contribution in [-0.4, -0.2) is 5.11 Å². The monoisotopic (exact) mass is 460 g/mol. The molecule has 0 aliphatic heterocycles. The largest absolute Gasteiger partial charge is 0.647 e. The molecule has 0 radical (unpaired) electrons. The molecule has 4 aromatic rings. The van der Waals surface area contributed by atoms with E-state index in [1.165, 1.54) is 0 Å². The Hall–Kier alpha value is -3.69. The molecule has 0 aromatic heterocycles. The first-order valence-corrected chi connectivity index (χ1v) is 12.0. The van der Waals surface area contributed by atoms with E-state index in [2.05, 4.69) is 13.8 Å². The summed E-state index contributed by atoms with van der Waals surface area (Å²) in [7, 11) is -4.03. The van der Waals surface area contributed by atoms with E-state index in [1.807, 2.05) is 36.4 Å².